The van der Waals surface area contributed by atoms with Crippen molar-refractivity contribution in [1.29, 1.82) is 0 Å². The first-order valence-corrected chi connectivity index (χ1v) is 10.6. The lowest BCUT2D eigenvalue weighted by Gasteiger charge is -2.32. The molecule has 1 aromatic heterocycles. The smallest absolute Gasteiger partial charge is 0.273 e. The van der Waals surface area contributed by atoms with Crippen LogP contribution in [0.1, 0.15) is 59.5 Å². The molecule has 1 aromatic carbocycles. The summed E-state index contributed by atoms with van der Waals surface area (Å²) in [6.45, 7) is 7.14. The number of hydrogen-bond acceptors (Lipinski definition) is 5. The highest BCUT2D eigenvalue weighted by Gasteiger charge is 2.26. The van der Waals surface area contributed by atoms with Crippen molar-refractivity contribution in [2.45, 2.75) is 46.1 Å². The molecule has 0 spiro atoms. The van der Waals surface area contributed by atoms with Crippen LogP contribution in [0.25, 0.3) is 0 Å². The Morgan fingerprint density at radius 3 is 2.42 bits per heavy atom. The summed E-state index contributed by atoms with van der Waals surface area (Å²) < 4.78 is 0. The number of piperidine rings is 1. The zero-order chi connectivity index (χ0) is 22.4. The monoisotopic (exact) mass is 423 g/mol. The Balaban J connectivity index is 1.61. The number of carbonyl (C=O) groups excluding carboxylic acids is 3. The third kappa shape index (κ3) is 5.87. The summed E-state index contributed by atoms with van der Waals surface area (Å²) in [5.74, 6) is -0.118. The van der Waals surface area contributed by atoms with E-state index >= 15 is 0 Å². The maximum atomic E-state index is 12.8. The van der Waals surface area contributed by atoms with E-state index in [1.54, 1.807) is 12.1 Å². The molecule has 2 heterocycles. The van der Waals surface area contributed by atoms with Crippen LogP contribution in [0, 0.1) is 12.8 Å². The van der Waals surface area contributed by atoms with Crippen molar-refractivity contribution < 1.29 is 14.4 Å². The Labute approximate surface area is 182 Å². The van der Waals surface area contributed by atoms with Gasteiger partial charge in [0.15, 0.2) is 11.5 Å². The van der Waals surface area contributed by atoms with Crippen LogP contribution >= 0.6 is 0 Å². The van der Waals surface area contributed by atoms with E-state index in [2.05, 4.69) is 20.6 Å². The van der Waals surface area contributed by atoms with Gasteiger partial charge in [-0.15, -0.1) is 0 Å². The van der Waals surface area contributed by atoms with Crippen molar-refractivity contribution in [3.8, 4) is 0 Å². The number of amides is 3. The summed E-state index contributed by atoms with van der Waals surface area (Å²) in [5, 5.41) is 5.67. The second-order valence-corrected chi connectivity index (χ2v) is 8.25. The van der Waals surface area contributed by atoms with Crippen molar-refractivity contribution >= 4 is 23.5 Å². The van der Waals surface area contributed by atoms with E-state index in [-0.39, 0.29) is 35.3 Å². The Kier molecular flexibility index (Phi) is 7.33. The molecule has 31 heavy (non-hydrogen) atoms. The lowest BCUT2D eigenvalue weighted by atomic mass is 10.0. The molecular formula is C23H29N5O3. The van der Waals surface area contributed by atoms with Gasteiger partial charge in [-0.25, -0.2) is 9.97 Å². The molecule has 1 aliphatic heterocycles. The molecule has 164 valence electrons. The van der Waals surface area contributed by atoms with Crippen LogP contribution < -0.4 is 10.6 Å². The number of benzene rings is 1. The number of likely N-dealkylation sites (tertiary alicyclic amines) is 1. The van der Waals surface area contributed by atoms with Crippen LogP contribution in [-0.2, 0) is 4.79 Å². The van der Waals surface area contributed by atoms with Crippen LogP contribution in [0.3, 0.4) is 0 Å². The summed E-state index contributed by atoms with van der Waals surface area (Å²) in [5.41, 5.74) is 1.41. The van der Waals surface area contributed by atoms with Crippen molar-refractivity contribution in [2.75, 3.05) is 18.4 Å². The molecule has 0 atom stereocenters. The molecule has 8 nitrogen and oxygen atoms in total. The highest BCUT2D eigenvalue weighted by Crippen LogP contribution is 2.16. The molecule has 0 unspecified atom stereocenters. The van der Waals surface area contributed by atoms with Gasteiger partial charge in [-0.3, -0.25) is 14.4 Å². The second kappa shape index (κ2) is 10.1. The zero-order valence-electron chi connectivity index (χ0n) is 18.2. The van der Waals surface area contributed by atoms with Gasteiger partial charge in [0.1, 0.15) is 0 Å². The van der Waals surface area contributed by atoms with E-state index in [1.807, 2.05) is 37.8 Å². The molecule has 1 fully saturated rings. The van der Waals surface area contributed by atoms with Crippen molar-refractivity contribution in [1.82, 2.24) is 20.2 Å². The van der Waals surface area contributed by atoms with E-state index in [0.717, 1.165) is 5.56 Å². The number of aromatic nitrogens is 2. The normalized spacial score (nSPS) is 14.4. The Bertz CT molecular complexity index is 952. The number of rotatable bonds is 6. The SMILES string of the molecule is Cc1ccccc1C(=O)Nc1nccnc1C(=O)NC1CCN(C(=O)CC(C)C)CC1. The zero-order valence-corrected chi connectivity index (χ0v) is 18.2. The van der Waals surface area contributed by atoms with Gasteiger partial charge in [-0.05, 0) is 37.3 Å². The van der Waals surface area contributed by atoms with E-state index in [9.17, 15) is 14.4 Å². The maximum absolute atomic E-state index is 12.8. The van der Waals surface area contributed by atoms with Gasteiger partial charge in [0.25, 0.3) is 11.8 Å². The van der Waals surface area contributed by atoms with Gasteiger partial charge < -0.3 is 15.5 Å². The number of hydrogen-bond donors (Lipinski definition) is 2. The van der Waals surface area contributed by atoms with E-state index in [4.69, 9.17) is 0 Å². The van der Waals surface area contributed by atoms with Crippen molar-refractivity contribution in [3.05, 3.63) is 53.5 Å². The van der Waals surface area contributed by atoms with Gasteiger partial charge >= 0.3 is 0 Å². The van der Waals surface area contributed by atoms with Crippen LogP contribution in [0.15, 0.2) is 36.7 Å². The third-order valence-electron chi connectivity index (χ3n) is 5.30. The number of anilines is 1. The van der Waals surface area contributed by atoms with Gasteiger partial charge in [0.05, 0.1) is 0 Å². The average molecular weight is 424 g/mol. The predicted molar refractivity (Wildman–Crippen MR) is 118 cm³/mol. The molecule has 8 heteroatoms. The standard InChI is InChI=1S/C23H29N5O3/c1-15(2)14-19(29)28-12-8-17(9-13-28)26-23(31)20-21(25-11-10-24-20)27-22(30)18-7-5-4-6-16(18)3/h4-7,10-11,15,17H,8-9,12-14H2,1-3H3,(H,26,31)(H,25,27,30). The molecule has 0 bridgehead atoms. The number of carbonyl (C=O) groups is 3. The second-order valence-electron chi connectivity index (χ2n) is 8.25. The van der Waals surface area contributed by atoms with Crippen LogP contribution in [0.4, 0.5) is 5.82 Å². The minimum absolute atomic E-state index is 0.0578. The quantitative estimate of drug-likeness (QED) is 0.743. The third-order valence-corrected chi connectivity index (χ3v) is 5.30. The van der Waals surface area contributed by atoms with Crippen molar-refractivity contribution in [2.24, 2.45) is 5.92 Å². The average Bonchev–Trinajstić information content (AvgIpc) is 2.74. The van der Waals surface area contributed by atoms with Gasteiger partial charge in [0, 0.05) is 43.5 Å². The largest absolute Gasteiger partial charge is 0.348 e. The summed E-state index contributed by atoms with van der Waals surface area (Å²) in [6, 6.07) is 7.14. The van der Waals surface area contributed by atoms with Crippen molar-refractivity contribution in [3.63, 3.8) is 0 Å². The fraction of sp³-hybridized carbons (Fsp3) is 0.435. The molecule has 0 saturated carbocycles. The summed E-state index contributed by atoms with van der Waals surface area (Å²) in [4.78, 5) is 47.8. The minimum atomic E-state index is -0.389. The molecule has 0 aliphatic carbocycles. The molecule has 1 saturated heterocycles. The molecule has 3 rings (SSSR count). The maximum Gasteiger partial charge on any atom is 0.273 e. The lowest BCUT2D eigenvalue weighted by Crippen LogP contribution is -2.47. The van der Waals surface area contributed by atoms with E-state index in [1.165, 1.54) is 12.4 Å². The fourth-order valence-electron chi connectivity index (χ4n) is 3.60. The number of aryl methyl sites for hydroxylation is 1. The van der Waals surface area contributed by atoms with Crippen LogP contribution in [0.5, 0.6) is 0 Å². The molecule has 0 radical (unpaired) electrons. The first kappa shape index (κ1) is 22.4. The molecular weight excluding hydrogens is 394 g/mol. The summed E-state index contributed by atoms with van der Waals surface area (Å²) >= 11 is 0. The van der Waals surface area contributed by atoms with Gasteiger partial charge in [-0.2, -0.15) is 0 Å². The summed E-state index contributed by atoms with van der Waals surface area (Å²) in [7, 11) is 0. The van der Waals surface area contributed by atoms with Crippen LogP contribution in [0.2, 0.25) is 0 Å². The van der Waals surface area contributed by atoms with Gasteiger partial charge in [0.2, 0.25) is 5.91 Å². The molecule has 2 aromatic rings. The molecule has 3 amide bonds. The Morgan fingerprint density at radius 2 is 1.74 bits per heavy atom. The minimum Gasteiger partial charge on any atom is -0.348 e. The first-order chi connectivity index (χ1) is 14.8. The molecule has 2 N–H and O–H groups in total. The molecule has 1 aliphatic rings. The first-order valence-electron chi connectivity index (χ1n) is 10.6. The van der Waals surface area contributed by atoms with E-state index in [0.29, 0.717) is 43.8 Å². The predicted octanol–water partition coefficient (Wildman–Crippen LogP) is 2.80. The highest BCUT2D eigenvalue weighted by molar-refractivity contribution is 6.08. The number of nitrogens with one attached hydrogen (secondary N) is 2. The Hall–Kier alpha value is -3.29. The van der Waals surface area contributed by atoms with E-state index < -0.39 is 0 Å². The topological polar surface area (TPSA) is 104 Å². The highest BCUT2D eigenvalue weighted by atomic mass is 16.2. The lowest BCUT2D eigenvalue weighted by molar-refractivity contribution is -0.133. The number of nitrogens with zero attached hydrogens (tertiary/aromatic N) is 3. The Morgan fingerprint density at radius 1 is 1.06 bits per heavy atom. The van der Waals surface area contributed by atoms with Crippen LogP contribution in [-0.4, -0.2) is 51.7 Å². The summed E-state index contributed by atoms with van der Waals surface area (Å²) in [6.07, 6.45) is 4.76. The fourth-order valence-corrected chi connectivity index (χ4v) is 3.60. The van der Waals surface area contributed by atoms with Gasteiger partial charge in [-0.1, -0.05) is 32.0 Å².